The molecule has 0 spiro atoms. The Morgan fingerprint density at radius 1 is 1.29 bits per heavy atom. The van der Waals surface area contributed by atoms with E-state index >= 15 is 0 Å². The van der Waals surface area contributed by atoms with E-state index in [0.717, 1.165) is 6.07 Å². The van der Waals surface area contributed by atoms with Crippen molar-refractivity contribution in [3.05, 3.63) is 35.1 Å². The molecule has 76 valence electrons. The molecular formula is C9H6F4O. The van der Waals surface area contributed by atoms with E-state index in [0.29, 0.717) is 0 Å². The van der Waals surface area contributed by atoms with E-state index in [1.807, 2.05) is 0 Å². The van der Waals surface area contributed by atoms with Crippen molar-refractivity contribution in [1.82, 2.24) is 0 Å². The maximum Gasteiger partial charge on any atom is 0.419 e. The van der Waals surface area contributed by atoms with Crippen LogP contribution in [0.4, 0.5) is 17.6 Å². The SMILES string of the molecule is Fc1c([C@@H]2CO2)cccc1C(F)(F)F. The molecule has 1 aliphatic heterocycles. The molecule has 1 saturated heterocycles. The van der Waals surface area contributed by atoms with Crippen LogP contribution in [0.25, 0.3) is 0 Å². The summed E-state index contributed by atoms with van der Waals surface area (Å²) in [5.74, 6) is -1.22. The lowest BCUT2D eigenvalue weighted by molar-refractivity contribution is -0.140. The third kappa shape index (κ3) is 1.59. The second-order valence-electron chi connectivity index (χ2n) is 3.03. The van der Waals surface area contributed by atoms with Gasteiger partial charge in [0.05, 0.1) is 12.2 Å². The van der Waals surface area contributed by atoms with E-state index in [2.05, 4.69) is 0 Å². The van der Waals surface area contributed by atoms with E-state index in [1.165, 1.54) is 12.1 Å². The zero-order chi connectivity index (χ0) is 10.3. The molecule has 1 aromatic carbocycles. The van der Waals surface area contributed by atoms with Crippen molar-refractivity contribution in [2.45, 2.75) is 12.3 Å². The maximum absolute atomic E-state index is 13.3. The highest BCUT2D eigenvalue weighted by Crippen LogP contribution is 2.37. The first kappa shape index (κ1) is 9.45. The molecule has 1 aromatic rings. The number of alkyl halides is 3. The Bertz CT molecular complexity index is 354. The second-order valence-corrected chi connectivity index (χ2v) is 3.03. The lowest BCUT2D eigenvalue weighted by atomic mass is 10.1. The van der Waals surface area contributed by atoms with Crippen LogP contribution in [0.1, 0.15) is 17.2 Å². The van der Waals surface area contributed by atoms with Gasteiger partial charge < -0.3 is 4.74 Å². The fourth-order valence-electron chi connectivity index (χ4n) is 1.25. The topological polar surface area (TPSA) is 12.5 Å². The maximum atomic E-state index is 13.3. The normalized spacial score (nSPS) is 21.0. The quantitative estimate of drug-likeness (QED) is 0.508. The molecule has 0 amide bonds. The minimum atomic E-state index is -4.64. The molecule has 1 atom stereocenters. The van der Waals surface area contributed by atoms with Crippen molar-refractivity contribution in [1.29, 1.82) is 0 Å². The fraction of sp³-hybridized carbons (Fsp3) is 0.333. The van der Waals surface area contributed by atoms with Crippen molar-refractivity contribution < 1.29 is 22.3 Å². The van der Waals surface area contributed by atoms with E-state index in [1.54, 1.807) is 0 Å². The van der Waals surface area contributed by atoms with Gasteiger partial charge >= 0.3 is 6.18 Å². The highest BCUT2D eigenvalue weighted by Gasteiger charge is 2.37. The van der Waals surface area contributed by atoms with Gasteiger partial charge in [-0.1, -0.05) is 12.1 Å². The van der Waals surface area contributed by atoms with E-state index in [4.69, 9.17) is 4.74 Å². The molecule has 2 rings (SSSR count). The third-order valence-electron chi connectivity index (χ3n) is 2.01. The predicted octanol–water partition coefficient (Wildman–Crippen LogP) is 2.92. The van der Waals surface area contributed by atoms with Gasteiger partial charge in [-0.2, -0.15) is 13.2 Å². The number of epoxide rings is 1. The summed E-state index contributed by atoms with van der Waals surface area (Å²) in [6, 6.07) is 3.21. The lowest BCUT2D eigenvalue weighted by Gasteiger charge is -2.09. The van der Waals surface area contributed by atoms with Crippen LogP contribution in [-0.2, 0) is 10.9 Å². The first-order valence-electron chi connectivity index (χ1n) is 3.97. The first-order chi connectivity index (χ1) is 6.50. The average Bonchev–Trinajstić information content (AvgIpc) is 2.85. The minimum absolute atomic E-state index is 0.0141. The average molecular weight is 206 g/mol. The number of rotatable bonds is 1. The third-order valence-corrected chi connectivity index (χ3v) is 2.01. The van der Waals surface area contributed by atoms with Gasteiger partial charge in [0.2, 0.25) is 0 Å². The Morgan fingerprint density at radius 3 is 2.43 bits per heavy atom. The highest BCUT2D eigenvalue weighted by molar-refractivity contribution is 5.31. The molecule has 0 N–H and O–H groups in total. The van der Waals surface area contributed by atoms with Gasteiger partial charge in [0.25, 0.3) is 0 Å². The summed E-state index contributed by atoms with van der Waals surface area (Å²) in [7, 11) is 0. The number of hydrogen-bond donors (Lipinski definition) is 0. The van der Waals surface area contributed by atoms with Crippen molar-refractivity contribution in [3.8, 4) is 0 Å². The van der Waals surface area contributed by atoms with E-state index < -0.39 is 23.7 Å². The van der Waals surface area contributed by atoms with Crippen LogP contribution in [-0.4, -0.2) is 6.61 Å². The molecule has 0 bridgehead atoms. The summed E-state index contributed by atoms with van der Waals surface area (Å²) in [6.45, 7) is 0.290. The highest BCUT2D eigenvalue weighted by atomic mass is 19.4. The van der Waals surface area contributed by atoms with E-state index in [-0.39, 0.29) is 12.2 Å². The Hall–Kier alpha value is -1.10. The summed E-state index contributed by atoms with van der Waals surface area (Å²) in [5, 5.41) is 0. The fourth-order valence-corrected chi connectivity index (χ4v) is 1.25. The van der Waals surface area contributed by atoms with Crippen molar-refractivity contribution in [3.63, 3.8) is 0 Å². The molecule has 0 radical (unpaired) electrons. The Labute approximate surface area is 77.3 Å². The number of ether oxygens (including phenoxy) is 1. The van der Waals surface area contributed by atoms with Gasteiger partial charge in [-0.15, -0.1) is 0 Å². The Morgan fingerprint density at radius 2 is 1.93 bits per heavy atom. The molecule has 5 heteroatoms. The van der Waals surface area contributed by atoms with Crippen LogP contribution in [0.5, 0.6) is 0 Å². The predicted molar refractivity (Wildman–Crippen MR) is 40.1 cm³/mol. The molecule has 0 aromatic heterocycles. The largest absolute Gasteiger partial charge is 0.419 e. The van der Waals surface area contributed by atoms with Gasteiger partial charge in [0.1, 0.15) is 11.9 Å². The molecule has 1 fully saturated rings. The van der Waals surface area contributed by atoms with Crippen LogP contribution in [0, 0.1) is 5.82 Å². The molecule has 14 heavy (non-hydrogen) atoms. The van der Waals surface area contributed by atoms with Crippen LogP contribution in [0.15, 0.2) is 18.2 Å². The second kappa shape index (κ2) is 2.95. The van der Waals surface area contributed by atoms with Crippen LogP contribution >= 0.6 is 0 Å². The number of halogens is 4. The standard InChI is InChI=1S/C9H6F4O/c10-8-5(7-4-14-7)2-1-3-6(8)9(11,12)13/h1-3,7H,4H2/t7-/m0/s1. The Kier molecular flexibility index (Phi) is 1.99. The minimum Gasteiger partial charge on any atom is -0.368 e. The summed E-state index contributed by atoms with van der Waals surface area (Å²) in [4.78, 5) is 0. The molecule has 0 saturated carbocycles. The smallest absolute Gasteiger partial charge is 0.368 e. The monoisotopic (exact) mass is 206 g/mol. The number of benzene rings is 1. The molecular weight excluding hydrogens is 200 g/mol. The summed E-state index contributed by atoms with van der Waals surface area (Å²) in [6.07, 6.45) is -5.15. The molecule has 1 heterocycles. The van der Waals surface area contributed by atoms with Crippen molar-refractivity contribution >= 4 is 0 Å². The number of hydrogen-bond acceptors (Lipinski definition) is 1. The van der Waals surface area contributed by atoms with Gasteiger partial charge in [-0.05, 0) is 6.07 Å². The van der Waals surface area contributed by atoms with Crippen molar-refractivity contribution in [2.75, 3.05) is 6.61 Å². The first-order valence-corrected chi connectivity index (χ1v) is 3.97. The summed E-state index contributed by atoms with van der Waals surface area (Å²) >= 11 is 0. The summed E-state index contributed by atoms with van der Waals surface area (Å²) in [5.41, 5.74) is -1.25. The van der Waals surface area contributed by atoms with Gasteiger partial charge in [0, 0.05) is 5.56 Å². The summed E-state index contributed by atoms with van der Waals surface area (Å²) < 4.78 is 54.7. The molecule has 1 nitrogen and oxygen atoms in total. The van der Waals surface area contributed by atoms with Gasteiger partial charge in [0.15, 0.2) is 0 Å². The lowest BCUT2D eigenvalue weighted by Crippen LogP contribution is -2.09. The van der Waals surface area contributed by atoms with Gasteiger partial charge in [-0.25, -0.2) is 4.39 Å². The molecule has 1 aliphatic rings. The van der Waals surface area contributed by atoms with E-state index in [9.17, 15) is 17.6 Å². The molecule has 0 unspecified atom stereocenters. The zero-order valence-corrected chi connectivity index (χ0v) is 6.94. The zero-order valence-electron chi connectivity index (χ0n) is 6.94. The van der Waals surface area contributed by atoms with Crippen molar-refractivity contribution in [2.24, 2.45) is 0 Å². The molecule has 0 aliphatic carbocycles. The van der Waals surface area contributed by atoms with Gasteiger partial charge in [-0.3, -0.25) is 0 Å². The Balaban J connectivity index is 2.46. The van der Waals surface area contributed by atoms with Crippen LogP contribution in [0.2, 0.25) is 0 Å². The van der Waals surface area contributed by atoms with Crippen LogP contribution < -0.4 is 0 Å². The van der Waals surface area contributed by atoms with Crippen LogP contribution in [0.3, 0.4) is 0 Å².